The molecule has 0 bridgehead atoms. The van der Waals surface area contributed by atoms with Crippen LogP contribution in [0.1, 0.15) is 11.6 Å². The number of hydrogen-bond acceptors (Lipinski definition) is 1. The second-order valence-corrected chi connectivity index (χ2v) is 4.95. The van der Waals surface area contributed by atoms with Gasteiger partial charge in [-0.3, -0.25) is 0 Å². The van der Waals surface area contributed by atoms with Crippen molar-refractivity contribution in [1.29, 1.82) is 0 Å². The minimum Gasteiger partial charge on any atom is -0.338 e. The number of nitrogens with zero attached hydrogens (tertiary/aromatic N) is 1. The molecule has 0 aliphatic carbocycles. The van der Waals surface area contributed by atoms with Crippen molar-refractivity contribution in [3.05, 3.63) is 85.1 Å². The average Bonchev–Trinajstić information content (AvgIpc) is 2.92. The van der Waals surface area contributed by atoms with Gasteiger partial charge in [-0.05, 0) is 23.1 Å². The van der Waals surface area contributed by atoms with Gasteiger partial charge in [0.15, 0.2) is 0 Å². The Labute approximate surface area is 119 Å². The fourth-order valence-electron chi connectivity index (χ4n) is 2.69. The number of fused-ring (bicyclic) bond motifs is 1. The maximum Gasteiger partial charge on any atom is 0.0772 e. The first kappa shape index (κ1) is 12.7. The summed E-state index contributed by atoms with van der Waals surface area (Å²) in [5.41, 5.74) is 8.68. The molecule has 1 heterocycles. The molecule has 2 heteroatoms. The SMILES string of the molecule is C=CC(N)C(c1ccccc1)n1ccc2ccccc21. The fraction of sp³-hybridized carbons (Fsp3) is 0.111. The summed E-state index contributed by atoms with van der Waals surface area (Å²) in [7, 11) is 0. The van der Waals surface area contributed by atoms with E-state index in [2.05, 4.69) is 59.8 Å². The first-order chi connectivity index (χ1) is 9.81. The third kappa shape index (κ3) is 2.15. The van der Waals surface area contributed by atoms with Crippen molar-refractivity contribution in [3.8, 4) is 0 Å². The zero-order chi connectivity index (χ0) is 13.9. The van der Waals surface area contributed by atoms with E-state index in [0.29, 0.717) is 0 Å². The molecule has 0 saturated carbocycles. The number of hydrogen-bond donors (Lipinski definition) is 1. The molecule has 2 atom stereocenters. The molecule has 2 aromatic carbocycles. The second kappa shape index (κ2) is 5.35. The monoisotopic (exact) mass is 262 g/mol. The summed E-state index contributed by atoms with van der Waals surface area (Å²) in [6, 6.07) is 20.8. The van der Waals surface area contributed by atoms with Crippen LogP contribution in [0.5, 0.6) is 0 Å². The van der Waals surface area contributed by atoms with Gasteiger partial charge in [0.25, 0.3) is 0 Å². The third-order valence-electron chi connectivity index (χ3n) is 3.71. The Kier molecular flexibility index (Phi) is 3.40. The van der Waals surface area contributed by atoms with Crippen LogP contribution in [-0.2, 0) is 0 Å². The minimum absolute atomic E-state index is 0.0635. The van der Waals surface area contributed by atoms with Crippen LogP contribution in [0.2, 0.25) is 0 Å². The lowest BCUT2D eigenvalue weighted by Crippen LogP contribution is -2.30. The number of para-hydroxylation sites is 1. The van der Waals surface area contributed by atoms with E-state index in [9.17, 15) is 0 Å². The van der Waals surface area contributed by atoms with E-state index in [-0.39, 0.29) is 12.1 Å². The quantitative estimate of drug-likeness (QED) is 0.713. The first-order valence-electron chi connectivity index (χ1n) is 6.80. The highest BCUT2D eigenvalue weighted by Gasteiger charge is 2.20. The van der Waals surface area contributed by atoms with Gasteiger partial charge >= 0.3 is 0 Å². The van der Waals surface area contributed by atoms with Crippen LogP contribution in [0, 0.1) is 0 Å². The molecular formula is C18H18N2. The molecule has 3 rings (SSSR count). The second-order valence-electron chi connectivity index (χ2n) is 4.95. The van der Waals surface area contributed by atoms with Crippen LogP contribution in [0.4, 0.5) is 0 Å². The molecule has 100 valence electrons. The molecule has 2 unspecified atom stereocenters. The van der Waals surface area contributed by atoms with Gasteiger partial charge in [-0.15, -0.1) is 6.58 Å². The van der Waals surface area contributed by atoms with Crippen LogP contribution < -0.4 is 5.73 Å². The summed E-state index contributed by atoms with van der Waals surface area (Å²) in [5.74, 6) is 0. The van der Waals surface area contributed by atoms with Crippen molar-refractivity contribution in [2.45, 2.75) is 12.1 Å². The summed E-state index contributed by atoms with van der Waals surface area (Å²) < 4.78 is 2.23. The van der Waals surface area contributed by atoms with Crippen molar-refractivity contribution in [2.75, 3.05) is 0 Å². The van der Waals surface area contributed by atoms with Crippen molar-refractivity contribution in [1.82, 2.24) is 4.57 Å². The maximum absolute atomic E-state index is 6.29. The Balaban J connectivity index is 2.17. The molecule has 0 fully saturated rings. The zero-order valence-corrected chi connectivity index (χ0v) is 11.3. The summed E-state index contributed by atoms with van der Waals surface area (Å²) in [6.07, 6.45) is 3.91. The summed E-state index contributed by atoms with van der Waals surface area (Å²) in [5, 5.41) is 1.23. The fourth-order valence-corrected chi connectivity index (χ4v) is 2.69. The van der Waals surface area contributed by atoms with Crippen LogP contribution in [0.15, 0.2) is 79.5 Å². The molecule has 20 heavy (non-hydrogen) atoms. The van der Waals surface area contributed by atoms with Gasteiger partial charge in [0, 0.05) is 17.8 Å². The van der Waals surface area contributed by atoms with Gasteiger partial charge in [0.05, 0.1) is 6.04 Å². The first-order valence-corrected chi connectivity index (χ1v) is 6.80. The van der Waals surface area contributed by atoms with E-state index in [1.165, 1.54) is 16.5 Å². The van der Waals surface area contributed by atoms with Crippen LogP contribution in [0.25, 0.3) is 10.9 Å². The van der Waals surface area contributed by atoms with E-state index >= 15 is 0 Å². The van der Waals surface area contributed by atoms with E-state index in [0.717, 1.165) is 0 Å². The Morgan fingerprint density at radius 3 is 2.40 bits per heavy atom. The molecule has 3 aromatic rings. The standard InChI is InChI=1S/C18H18N2/c1-2-16(19)18(15-9-4-3-5-10-15)20-13-12-14-8-6-7-11-17(14)20/h2-13,16,18H,1,19H2. The van der Waals surface area contributed by atoms with Crippen molar-refractivity contribution in [3.63, 3.8) is 0 Å². The minimum atomic E-state index is -0.131. The van der Waals surface area contributed by atoms with Gasteiger partial charge in [-0.25, -0.2) is 0 Å². The van der Waals surface area contributed by atoms with Gasteiger partial charge in [0.1, 0.15) is 0 Å². The Morgan fingerprint density at radius 2 is 1.65 bits per heavy atom. The predicted molar refractivity (Wildman–Crippen MR) is 84.7 cm³/mol. The van der Waals surface area contributed by atoms with Crippen molar-refractivity contribution >= 4 is 10.9 Å². The molecule has 1 aromatic heterocycles. The van der Waals surface area contributed by atoms with Crippen molar-refractivity contribution in [2.24, 2.45) is 5.73 Å². The third-order valence-corrected chi connectivity index (χ3v) is 3.71. The molecule has 0 spiro atoms. The van der Waals surface area contributed by atoms with Gasteiger partial charge < -0.3 is 10.3 Å². The molecule has 0 saturated heterocycles. The lowest BCUT2D eigenvalue weighted by atomic mass is 9.99. The largest absolute Gasteiger partial charge is 0.338 e. The predicted octanol–water partition coefficient (Wildman–Crippen LogP) is 3.74. The van der Waals surface area contributed by atoms with Crippen molar-refractivity contribution < 1.29 is 0 Å². The summed E-state index contributed by atoms with van der Waals surface area (Å²) in [4.78, 5) is 0. The van der Waals surface area contributed by atoms with Crippen LogP contribution >= 0.6 is 0 Å². The van der Waals surface area contributed by atoms with E-state index in [1.54, 1.807) is 0 Å². The number of nitrogens with two attached hydrogens (primary N) is 1. The van der Waals surface area contributed by atoms with E-state index in [4.69, 9.17) is 5.73 Å². The molecule has 2 N–H and O–H groups in total. The molecule has 0 aliphatic heterocycles. The highest BCUT2D eigenvalue weighted by atomic mass is 15.0. The highest BCUT2D eigenvalue weighted by Crippen LogP contribution is 2.27. The van der Waals surface area contributed by atoms with Gasteiger partial charge in [0.2, 0.25) is 0 Å². The number of benzene rings is 2. The van der Waals surface area contributed by atoms with Gasteiger partial charge in [-0.1, -0.05) is 54.6 Å². The highest BCUT2D eigenvalue weighted by molar-refractivity contribution is 5.80. The average molecular weight is 262 g/mol. The van der Waals surface area contributed by atoms with Crippen LogP contribution in [-0.4, -0.2) is 10.6 Å². The Hall–Kier alpha value is -2.32. The molecule has 0 radical (unpaired) electrons. The maximum atomic E-state index is 6.29. The Morgan fingerprint density at radius 1 is 0.950 bits per heavy atom. The lowest BCUT2D eigenvalue weighted by molar-refractivity contribution is 0.544. The number of rotatable bonds is 4. The zero-order valence-electron chi connectivity index (χ0n) is 11.3. The van der Waals surface area contributed by atoms with E-state index in [1.807, 2.05) is 24.3 Å². The summed E-state index contributed by atoms with van der Waals surface area (Å²) >= 11 is 0. The summed E-state index contributed by atoms with van der Waals surface area (Å²) in [6.45, 7) is 3.86. The van der Waals surface area contributed by atoms with Gasteiger partial charge in [-0.2, -0.15) is 0 Å². The topological polar surface area (TPSA) is 30.9 Å². The van der Waals surface area contributed by atoms with E-state index < -0.39 is 0 Å². The van der Waals surface area contributed by atoms with Crippen LogP contribution in [0.3, 0.4) is 0 Å². The molecule has 0 aliphatic rings. The molecule has 2 nitrogen and oxygen atoms in total. The molecular weight excluding hydrogens is 244 g/mol. The molecule has 0 amide bonds. The lowest BCUT2D eigenvalue weighted by Gasteiger charge is -2.25. The number of aromatic nitrogens is 1. The smallest absolute Gasteiger partial charge is 0.0772 e. The normalized spacial score (nSPS) is 14.1. The Bertz CT molecular complexity index is 712.